The molecule has 0 aliphatic carbocycles. The number of non-ortho nitro benzene ring substituents is 1. The first-order chi connectivity index (χ1) is 10.2. The molecule has 21 heavy (non-hydrogen) atoms. The average molecular weight is 296 g/mol. The number of hydrogen-bond donors (Lipinski definition) is 1. The number of rotatable bonds is 11. The van der Waals surface area contributed by atoms with Crippen LogP contribution in [0.2, 0.25) is 0 Å². The largest absolute Gasteiger partial charge is 0.493 e. The van der Waals surface area contributed by atoms with E-state index in [-0.39, 0.29) is 5.69 Å². The van der Waals surface area contributed by atoms with Gasteiger partial charge in [-0.15, -0.1) is 0 Å². The number of unbranched alkanes of at least 4 members (excludes halogenated alkanes) is 2. The van der Waals surface area contributed by atoms with Crippen LogP contribution < -0.4 is 10.1 Å². The number of hydrogen-bond acceptors (Lipinski definition) is 5. The summed E-state index contributed by atoms with van der Waals surface area (Å²) in [5, 5.41) is 14.1. The van der Waals surface area contributed by atoms with Crippen LogP contribution in [0, 0.1) is 10.1 Å². The molecule has 0 spiro atoms. The van der Waals surface area contributed by atoms with Gasteiger partial charge in [0, 0.05) is 38.1 Å². The summed E-state index contributed by atoms with van der Waals surface area (Å²) in [7, 11) is 1.69. The molecule has 1 aromatic carbocycles. The zero-order valence-corrected chi connectivity index (χ0v) is 12.8. The van der Waals surface area contributed by atoms with Gasteiger partial charge in [0.1, 0.15) is 5.75 Å². The lowest BCUT2D eigenvalue weighted by molar-refractivity contribution is -0.384. The van der Waals surface area contributed by atoms with Crippen LogP contribution in [0.4, 0.5) is 11.4 Å². The van der Waals surface area contributed by atoms with E-state index in [2.05, 4.69) is 5.32 Å². The highest BCUT2D eigenvalue weighted by Gasteiger charge is 2.10. The number of anilines is 1. The van der Waals surface area contributed by atoms with Crippen molar-refractivity contribution in [3.63, 3.8) is 0 Å². The van der Waals surface area contributed by atoms with Crippen molar-refractivity contribution in [3.8, 4) is 5.75 Å². The van der Waals surface area contributed by atoms with Crippen LogP contribution in [0.3, 0.4) is 0 Å². The third-order valence-corrected chi connectivity index (χ3v) is 2.93. The van der Waals surface area contributed by atoms with Gasteiger partial charge in [0.2, 0.25) is 0 Å². The third kappa shape index (κ3) is 6.94. The first kappa shape index (κ1) is 17.2. The Morgan fingerprint density at radius 3 is 2.67 bits per heavy atom. The van der Waals surface area contributed by atoms with E-state index in [1.165, 1.54) is 12.1 Å². The molecule has 0 radical (unpaired) electrons. The molecule has 118 valence electrons. The Kier molecular flexibility index (Phi) is 8.19. The molecule has 0 aliphatic heterocycles. The molecule has 0 atom stereocenters. The van der Waals surface area contributed by atoms with Crippen molar-refractivity contribution in [2.24, 2.45) is 0 Å². The molecule has 0 saturated heterocycles. The smallest absolute Gasteiger partial charge is 0.275 e. The van der Waals surface area contributed by atoms with Crippen LogP contribution in [-0.2, 0) is 4.74 Å². The molecule has 1 aromatic rings. The zero-order valence-electron chi connectivity index (χ0n) is 12.8. The summed E-state index contributed by atoms with van der Waals surface area (Å²) >= 11 is 0. The fourth-order valence-electron chi connectivity index (χ4n) is 1.87. The Bertz CT molecular complexity index is 438. The number of benzene rings is 1. The van der Waals surface area contributed by atoms with Crippen LogP contribution in [0.5, 0.6) is 5.75 Å². The highest BCUT2D eigenvalue weighted by Crippen LogP contribution is 2.26. The van der Waals surface area contributed by atoms with E-state index >= 15 is 0 Å². The van der Waals surface area contributed by atoms with Gasteiger partial charge in [-0.25, -0.2) is 0 Å². The van der Waals surface area contributed by atoms with Gasteiger partial charge in [-0.05, 0) is 25.7 Å². The van der Waals surface area contributed by atoms with Gasteiger partial charge >= 0.3 is 0 Å². The second-order valence-corrected chi connectivity index (χ2v) is 4.80. The predicted molar refractivity (Wildman–Crippen MR) is 83.1 cm³/mol. The Hall–Kier alpha value is -1.82. The molecule has 6 heteroatoms. The number of nitro groups is 1. The van der Waals surface area contributed by atoms with Crippen molar-refractivity contribution in [1.29, 1.82) is 0 Å². The quantitative estimate of drug-likeness (QED) is 0.383. The molecule has 1 rings (SSSR count). The zero-order chi connectivity index (χ0) is 15.5. The number of methoxy groups -OCH3 is 1. The molecular formula is C15H24N2O4. The molecule has 0 heterocycles. The lowest BCUT2D eigenvalue weighted by Gasteiger charge is -2.09. The van der Waals surface area contributed by atoms with Crippen molar-refractivity contribution >= 4 is 11.4 Å². The van der Waals surface area contributed by atoms with Gasteiger partial charge in [-0.3, -0.25) is 10.1 Å². The summed E-state index contributed by atoms with van der Waals surface area (Å²) in [6.45, 7) is 4.10. The highest BCUT2D eigenvalue weighted by molar-refractivity contribution is 5.56. The first-order valence-corrected chi connectivity index (χ1v) is 7.32. The first-order valence-electron chi connectivity index (χ1n) is 7.32. The van der Waals surface area contributed by atoms with Crippen molar-refractivity contribution in [2.75, 3.05) is 32.2 Å². The minimum Gasteiger partial charge on any atom is -0.493 e. The van der Waals surface area contributed by atoms with Crippen LogP contribution >= 0.6 is 0 Å². The van der Waals surface area contributed by atoms with Gasteiger partial charge < -0.3 is 14.8 Å². The minimum absolute atomic E-state index is 0.0467. The van der Waals surface area contributed by atoms with Crippen LogP contribution in [0.15, 0.2) is 18.2 Å². The fraction of sp³-hybridized carbons (Fsp3) is 0.600. The Balaban J connectivity index is 2.54. The van der Waals surface area contributed by atoms with Gasteiger partial charge in [0.05, 0.1) is 17.6 Å². The van der Waals surface area contributed by atoms with Crippen molar-refractivity contribution in [3.05, 3.63) is 28.3 Å². The van der Waals surface area contributed by atoms with E-state index < -0.39 is 4.92 Å². The van der Waals surface area contributed by atoms with Gasteiger partial charge in [0.15, 0.2) is 0 Å². The third-order valence-electron chi connectivity index (χ3n) is 2.93. The monoisotopic (exact) mass is 296 g/mol. The summed E-state index contributed by atoms with van der Waals surface area (Å²) in [5.74, 6) is 0.535. The lowest BCUT2D eigenvalue weighted by atomic mass is 10.2. The van der Waals surface area contributed by atoms with E-state index in [0.29, 0.717) is 12.4 Å². The SMILES string of the molecule is CCCOc1cc(NCCCCCOC)cc([N+](=O)[O-])c1. The number of ether oxygens (including phenoxy) is 2. The average Bonchev–Trinajstić information content (AvgIpc) is 2.48. The van der Waals surface area contributed by atoms with Gasteiger partial charge in [-0.2, -0.15) is 0 Å². The van der Waals surface area contributed by atoms with Crippen molar-refractivity contribution in [2.45, 2.75) is 32.6 Å². The highest BCUT2D eigenvalue weighted by atomic mass is 16.6. The molecule has 1 N–H and O–H groups in total. The molecule has 0 aromatic heterocycles. The fourth-order valence-corrected chi connectivity index (χ4v) is 1.87. The molecule has 6 nitrogen and oxygen atoms in total. The number of nitrogens with zero attached hydrogens (tertiary/aromatic N) is 1. The number of nitrogens with one attached hydrogen (secondary N) is 1. The normalized spacial score (nSPS) is 10.4. The Morgan fingerprint density at radius 1 is 1.19 bits per heavy atom. The second kappa shape index (κ2) is 9.99. The summed E-state index contributed by atoms with van der Waals surface area (Å²) < 4.78 is 10.5. The predicted octanol–water partition coefficient (Wildman–Crippen LogP) is 3.61. The molecule has 0 fully saturated rings. The van der Waals surface area contributed by atoms with E-state index in [1.54, 1.807) is 13.2 Å². The van der Waals surface area contributed by atoms with E-state index in [9.17, 15) is 10.1 Å². The summed E-state index contributed by atoms with van der Waals surface area (Å²) in [4.78, 5) is 10.5. The Labute approximate surface area is 125 Å². The maximum atomic E-state index is 10.9. The van der Waals surface area contributed by atoms with Crippen LogP contribution in [0.1, 0.15) is 32.6 Å². The molecule has 0 unspecified atom stereocenters. The van der Waals surface area contributed by atoms with Crippen LogP contribution in [-0.4, -0.2) is 31.8 Å². The van der Waals surface area contributed by atoms with Crippen molar-refractivity contribution in [1.82, 2.24) is 0 Å². The van der Waals surface area contributed by atoms with Crippen molar-refractivity contribution < 1.29 is 14.4 Å². The standard InChI is InChI=1S/C15H24N2O4/c1-3-8-21-15-11-13(10-14(12-15)17(18)19)16-7-5-4-6-9-20-2/h10-12,16H,3-9H2,1-2H3. The number of nitro benzene ring substituents is 1. The Morgan fingerprint density at radius 2 is 2.00 bits per heavy atom. The van der Waals surface area contributed by atoms with Crippen LogP contribution in [0.25, 0.3) is 0 Å². The molecule has 0 saturated carbocycles. The summed E-state index contributed by atoms with van der Waals surface area (Å²) in [5.41, 5.74) is 0.771. The lowest BCUT2D eigenvalue weighted by Crippen LogP contribution is -2.04. The minimum atomic E-state index is -0.400. The molecule has 0 amide bonds. The summed E-state index contributed by atoms with van der Waals surface area (Å²) in [6.07, 6.45) is 3.95. The maximum Gasteiger partial charge on any atom is 0.275 e. The second-order valence-electron chi connectivity index (χ2n) is 4.80. The van der Waals surface area contributed by atoms with E-state index in [0.717, 1.165) is 44.5 Å². The molecule has 0 aliphatic rings. The maximum absolute atomic E-state index is 10.9. The topological polar surface area (TPSA) is 73.6 Å². The molecular weight excluding hydrogens is 272 g/mol. The van der Waals surface area contributed by atoms with Gasteiger partial charge in [-0.1, -0.05) is 6.92 Å². The summed E-state index contributed by atoms with van der Waals surface area (Å²) in [6, 6.07) is 4.80. The molecule has 0 bridgehead atoms. The van der Waals surface area contributed by atoms with E-state index in [1.807, 2.05) is 6.92 Å². The van der Waals surface area contributed by atoms with E-state index in [4.69, 9.17) is 9.47 Å². The van der Waals surface area contributed by atoms with Gasteiger partial charge in [0.25, 0.3) is 5.69 Å².